The lowest BCUT2D eigenvalue weighted by Gasteiger charge is -2.22. The van der Waals surface area contributed by atoms with Crippen LogP contribution in [0.4, 0.5) is 0 Å². The first kappa shape index (κ1) is 62.9. The van der Waals surface area contributed by atoms with Crippen molar-refractivity contribution in [3.63, 3.8) is 0 Å². The third-order valence-electron chi connectivity index (χ3n) is 13.9. The van der Waals surface area contributed by atoms with Crippen molar-refractivity contribution in [2.24, 2.45) is 0 Å². The van der Waals surface area contributed by atoms with Crippen molar-refractivity contribution < 1.29 is 24.5 Å². The third-order valence-corrected chi connectivity index (χ3v) is 13.9. The highest BCUT2D eigenvalue weighted by Crippen LogP contribution is 2.18. The maximum atomic E-state index is 12.4. The van der Waals surface area contributed by atoms with Crippen LogP contribution in [0.1, 0.15) is 335 Å². The smallest absolute Gasteiger partial charge is 0.305 e. The molecule has 0 saturated heterocycles. The number of carbonyl (C=O) groups excluding carboxylic acids is 2. The first-order valence-electron chi connectivity index (χ1n) is 29.3. The van der Waals surface area contributed by atoms with E-state index in [-0.39, 0.29) is 18.5 Å². The second-order valence-electron chi connectivity index (χ2n) is 20.3. The fraction of sp³-hybridized carbons (Fsp3) is 0.966. The molecule has 0 aromatic rings. The number of unbranched alkanes of at least 4 members (excludes halogenated alkanes) is 44. The number of carbonyl (C=O) groups is 2. The molecular formula is C58H115NO5. The van der Waals surface area contributed by atoms with Gasteiger partial charge >= 0.3 is 5.97 Å². The Bertz CT molecular complexity index is 913. The average molecular weight is 907 g/mol. The van der Waals surface area contributed by atoms with Gasteiger partial charge in [-0.15, -0.1) is 0 Å². The summed E-state index contributed by atoms with van der Waals surface area (Å²) in [5.74, 6) is -0.0256. The van der Waals surface area contributed by atoms with Gasteiger partial charge in [-0.25, -0.2) is 0 Å². The topological polar surface area (TPSA) is 95.9 Å². The first-order chi connectivity index (χ1) is 31.5. The minimum absolute atomic E-state index is 0.0124. The zero-order valence-electron chi connectivity index (χ0n) is 43.5. The maximum absolute atomic E-state index is 12.4. The molecule has 382 valence electrons. The second-order valence-corrected chi connectivity index (χ2v) is 20.3. The zero-order chi connectivity index (χ0) is 46.5. The van der Waals surface area contributed by atoms with Crippen LogP contribution in [0.2, 0.25) is 0 Å². The highest BCUT2D eigenvalue weighted by Gasteiger charge is 2.20. The molecule has 6 heteroatoms. The van der Waals surface area contributed by atoms with Crippen molar-refractivity contribution in [1.29, 1.82) is 0 Å². The van der Waals surface area contributed by atoms with E-state index in [2.05, 4.69) is 19.2 Å². The predicted molar refractivity (Wildman–Crippen MR) is 278 cm³/mol. The minimum Gasteiger partial charge on any atom is -0.466 e. The Morgan fingerprint density at radius 2 is 0.641 bits per heavy atom. The van der Waals surface area contributed by atoms with Gasteiger partial charge in [-0.1, -0.05) is 296 Å². The normalized spacial score (nSPS) is 12.5. The average Bonchev–Trinajstić information content (AvgIpc) is 3.29. The van der Waals surface area contributed by atoms with Crippen LogP contribution in [0.15, 0.2) is 0 Å². The molecule has 0 bridgehead atoms. The van der Waals surface area contributed by atoms with Gasteiger partial charge in [0, 0.05) is 12.8 Å². The lowest BCUT2D eigenvalue weighted by atomic mass is 10.0. The number of hydrogen-bond acceptors (Lipinski definition) is 5. The standard InChI is InChI=1S/C58H115NO5/c1-3-5-7-9-11-13-15-16-17-18-22-25-28-32-36-40-44-48-52-58(63)64-53-49-45-41-37-33-29-26-23-20-19-21-24-27-31-35-39-43-47-51-57(62)59-55(54-60)56(61)50-46-42-38-34-30-14-12-10-8-6-4-2/h55-56,60-61H,3-54H2,1-2H3,(H,59,62). The molecule has 0 heterocycles. The van der Waals surface area contributed by atoms with Crippen molar-refractivity contribution >= 4 is 11.9 Å². The lowest BCUT2D eigenvalue weighted by Crippen LogP contribution is -2.45. The monoisotopic (exact) mass is 906 g/mol. The summed E-state index contributed by atoms with van der Waals surface area (Å²) in [5.41, 5.74) is 0. The van der Waals surface area contributed by atoms with Crippen LogP contribution >= 0.6 is 0 Å². The van der Waals surface area contributed by atoms with Crippen LogP contribution in [0.5, 0.6) is 0 Å². The second kappa shape index (κ2) is 54.5. The quantitative estimate of drug-likeness (QED) is 0.0417. The number of amides is 1. The molecule has 1 amide bonds. The molecule has 0 aromatic carbocycles. The molecule has 2 unspecified atom stereocenters. The van der Waals surface area contributed by atoms with E-state index in [1.807, 2.05) is 0 Å². The van der Waals surface area contributed by atoms with E-state index in [1.54, 1.807) is 0 Å². The first-order valence-corrected chi connectivity index (χ1v) is 29.3. The number of ether oxygens (including phenoxy) is 1. The van der Waals surface area contributed by atoms with Crippen LogP contribution in [0.25, 0.3) is 0 Å². The molecule has 0 aromatic heterocycles. The van der Waals surface area contributed by atoms with E-state index in [0.717, 1.165) is 38.5 Å². The third kappa shape index (κ3) is 50.3. The van der Waals surface area contributed by atoms with Crippen molar-refractivity contribution in [3.8, 4) is 0 Å². The van der Waals surface area contributed by atoms with E-state index < -0.39 is 12.1 Å². The Morgan fingerprint density at radius 1 is 0.375 bits per heavy atom. The van der Waals surface area contributed by atoms with Crippen LogP contribution in [-0.2, 0) is 14.3 Å². The Kier molecular flexibility index (Phi) is 53.5. The predicted octanol–water partition coefficient (Wildman–Crippen LogP) is 17.9. The van der Waals surface area contributed by atoms with Crippen molar-refractivity contribution in [3.05, 3.63) is 0 Å². The Labute approximate surface area is 400 Å². The van der Waals surface area contributed by atoms with Crippen LogP contribution in [0.3, 0.4) is 0 Å². The van der Waals surface area contributed by atoms with Crippen LogP contribution < -0.4 is 5.32 Å². The molecule has 6 nitrogen and oxygen atoms in total. The van der Waals surface area contributed by atoms with E-state index in [9.17, 15) is 19.8 Å². The summed E-state index contributed by atoms with van der Waals surface area (Å²) in [6.45, 7) is 4.96. The van der Waals surface area contributed by atoms with Gasteiger partial charge < -0.3 is 20.3 Å². The number of nitrogens with one attached hydrogen (secondary N) is 1. The van der Waals surface area contributed by atoms with E-state index in [0.29, 0.717) is 25.9 Å². The van der Waals surface area contributed by atoms with Gasteiger partial charge in [0.15, 0.2) is 0 Å². The molecule has 0 fully saturated rings. The summed E-state index contributed by atoms with van der Waals surface area (Å²) in [6, 6.07) is -0.542. The molecule has 0 saturated carbocycles. The molecule has 0 radical (unpaired) electrons. The summed E-state index contributed by atoms with van der Waals surface area (Å²) >= 11 is 0. The van der Waals surface area contributed by atoms with Gasteiger partial charge in [-0.2, -0.15) is 0 Å². The maximum Gasteiger partial charge on any atom is 0.305 e. The molecule has 3 N–H and O–H groups in total. The van der Waals surface area contributed by atoms with Crippen molar-refractivity contribution in [2.45, 2.75) is 347 Å². The largest absolute Gasteiger partial charge is 0.466 e. The fourth-order valence-electron chi connectivity index (χ4n) is 9.41. The van der Waals surface area contributed by atoms with E-state index in [4.69, 9.17) is 4.74 Å². The molecule has 2 atom stereocenters. The summed E-state index contributed by atoms with van der Waals surface area (Å²) in [7, 11) is 0. The van der Waals surface area contributed by atoms with E-state index in [1.165, 1.54) is 263 Å². The summed E-state index contributed by atoms with van der Waals surface area (Å²) in [5, 5.41) is 23.2. The number of esters is 1. The van der Waals surface area contributed by atoms with Gasteiger partial charge in [0.1, 0.15) is 0 Å². The molecule has 0 aliphatic rings. The number of aliphatic hydroxyl groups excluding tert-OH is 2. The summed E-state index contributed by atoms with van der Waals surface area (Å²) < 4.78 is 5.49. The Balaban J connectivity index is 3.35. The van der Waals surface area contributed by atoms with Crippen LogP contribution in [-0.4, -0.2) is 47.4 Å². The van der Waals surface area contributed by atoms with Gasteiger partial charge in [-0.05, 0) is 25.7 Å². The van der Waals surface area contributed by atoms with Gasteiger partial charge in [0.2, 0.25) is 5.91 Å². The molecule has 64 heavy (non-hydrogen) atoms. The number of aliphatic hydroxyl groups is 2. The van der Waals surface area contributed by atoms with Crippen molar-refractivity contribution in [2.75, 3.05) is 13.2 Å². The fourth-order valence-corrected chi connectivity index (χ4v) is 9.41. The zero-order valence-corrected chi connectivity index (χ0v) is 43.5. The van der Waals surface area contributed by atoms with Crippen molar-refractivity contribution in [1.82, 2.24) is 5.32 Å². The molecular weight excluding hydrogens is 791 g/mol. The summed E-state index contributed by atoms with van der Waals surface area (Å²) in [6.07, 6.45) is 62.4. The molecule has 0 rings (SSSR count). The summed E-state index contributed by atoms with van der Waals surface area (Å²) in [4.78, 5) is 24.5. The Hall–Kier alpha value is -1.14. The SMILES string of the molecule is CCCCCCCCCCCCCCCCCCCCC(=O)OCCCCCCCCCCCCCCCCCCCCC(=O)NC(CO)C(O)CCCCCCCCCCCCC. The molecule has 0 spiro atoms. The van der Waals surface area contributed by atoms with E-state index >= 15 is 0 Å². The van der Waals surface area contributed by atoms with Crippen LogP contribution in [0, 0.1) is 0 Å². The number of rotatable bonds is 55. The van der Waals surface area contributed by atoms with Gasteiger partial charge in [0.25, 0.3) is 0 Å². The number of hydrogen-bond donors (Lipinski definition) is 3. The molecule has 0 aliphatic heterocycles. The lowest BCUT2D eigenvalue weighted by molar-refractivity contribution is -0.143. The highest BCUT2D eigenvalue weighted by molar-refractivity contribution is 5.76. The Morgan fingerprint density at radius 3 is 0.953 bits per heavy atom. The van der Waals surface area contributed by atoms with Gasteiger partial charge in [0.05, 0.1) is 25.4 Å². The highest BCUT2D eigenvalue weighted by atomic mass is 16.5. The minimum atomic E-state index is -0.664. The molecule has 0 aliphatic carbocycles. The van der Waals surface area contributed by atoms with Gasteiger partial charge in [-0.3, -0.25) is 9.59 Å².